The molecule has 118 valence electrons. The van der Waals surface area contributed by atoms with Gasteiger partial charge in [-0.1, -0.05) is 31.0 Å². The van der Waals surface area contributed by atoms with Crippen LogP contribution >= 0.6 is 11.6 Å². The van der Waals surface area contributed by atoms with Crippen LogP contribution in [0.2, 0.25) is 5.02 Å². The van der Waals surface area contributed by atoms with Crippen LogP contribution in [0.3, 0.4) is 0 Å². The van der Waals surface area contributed by atoms with E-state index in [4.69, 9.17) is 11.6 Å². The molecule has 0 fully saturated rings. The number of urea groups is 1. The van der Waals surface area contributed by atoms with Crippen molar-refractivity contribution in [3.8, 4) is 0 Å². The van der Waals surface area contributed by atoms with E-state index >= 15 is 0 Å². The Hall–Kier alpha value is -1.31. The summed E-state index contributed by atoms with van der Waals surface area (Å²) in [4.78, 5) is 11.4. The predicted molar refractivity (Wildman–Crippen MR) is 82.9 cm³/mol. The van der Waals surface area contributed by atoms with E-state index in [1.807, 2.05) is 6.92 Å². The lowest BCUT2D eigenvalue weighted by Gasteiger charge is -2.09. The van der Waals surface area contributed by atoms with Crippen molar-refractivity contribution >= 4 is 27.7 Å². The third-order valence-electron chi connectivity index (χ3n) is 2.62. The minimum atomic E-state index is -3.61. The minimum Gasteiger partial charge on any atom is -0.338 e. The molecule has 1 aromatic carbocycles. The van der Waals surface area contributed by atoms with Crippen molar-refractivity contribution < 1.29 is 13.2 Å². The van der Waals surface area contributed by atoms with Gasteiger partial charge in [-0.15, -0.1) is 0 Å². The smallest absolute Gasteiger partial charge is 0.314 e. The Balaban J connectivity index is 2.33. The fourth-order valence-electron chi connectivity index (χ4n) is 1.52. The van der Waals surface area contributed by atoms with Gasteiger partial charge in [0.2, 0.25) is 10.0 Å². The van der Waals surface area contributed by atoms with Gasteiger partial charge in [0.1, 0.15) is 0 Å². The molecule has 3 N–H and O–H groups in total. The molecular formula is C13H20ClN3O3S. The highest BCUT2D eigenvalue weighted by molar-refractivity contribution is 7.89. The lowest BCUT2D eigenvalue weighted by Crippen LogP contribution is -2.40. The molecule has 1 rings (SSSR count). The van der Waals surface area contributed by atoms with Crippen LogP contribution in [0.25, 0.3) is 0 Å². The van der Waals surface area contributed by atoms with Gasteiger partial charge in [-0.3, -0.25) is 0 Å². The Morgan fingerprint density at radius 1 is 1.19 bits per heavy atom. The number of hydrogen-bond acceptors (Lipinski definition) is 3. The number of unbranched alkanes of at least 4 members (excludes halogenated alkanes) is 1. The summed E-state index contributed by atoms with van der Waals surface area (Å²) < 4.78 is 26.3. The molecule has 1 aromatic rings. The van der Waals surface area contributed by atoms with Crippen LogP contribution in [0.5, 0.6) is 0 Å². The molecule has 0 radical (unpaired) electrons. The molecule has 0 bridgehead atoms. The van der Waals surface area contributed by atoms with Crippen molar-refractivity contribution in [2.75, 3.05) is 19.6 Å². The summed E-state index contributed by atoms with van der Waals surface area (Å²) in [6.07, 6.45) is 1.91. The standard InChI is InChI=1S/C13H20ClN3O3S/c1-2-3-7-15-13(18)16-8-9-17-21(19,20)12-6-4-5-11(14)10-12/h4-6,10,17H,2-3,7-9H2,1H3,(H2,15,16,18). The SMILES string of the molecule is CCCCNC(=O)NCCNS(=O)(=O)c1cccc(Cl)c1. The summed E-state index contributed by atoms with van der Waals surface area (Å²) in [5.41, 5.74) is 0. The van der Waals surface area contributed by atoms with Crippen LogP contribution in [-0.4, -0.2) is 34.1 Å². The number of carbonyl (C=O) groups is 1. The van der Waals surface area contributed by atoms with Crippen molar-refractivity contribution in [3.05, 3.63) is 29.3 Å². The number of amides is 2. The summed E-state index contributed by atoms with van der Waals surface area (Å²) in [5.74, 6) is 0. The summed E-state index contributed by atoms with van der Waals surface area (Å²) in [6.45, 7) is 2.95. The maximum Gasteiger partial charge on any atom is 0.314 e. The molecule has 0 heterocycles. The first kappa shape index (κ1) is 17.7. The second-order valence-corrected chi connectivity index (χ2v) is 6.59. The molecule has 0 aliphatic heterocycles. The first-order chi connectivity index (χ1) is 9.95. The fraction of sp³-hybridized carbons (Fsp3) is 0.462. The monoisotopic (exact) mass is 333 g/mol. The molecule has 0 aliphatic rings. The van der Waals surface area contributed by atoms with E-state index in [0.29, 0.717) is 11.6 Å². The van der Waals surface area contributed by atoms with Crippen LogP contribution in [0.1, 0.15) is 19.8 Å². The van der Waals surface area contributed by atoms with Gasteiger partial charge in [0, 0.05) is 24.7 Å². The first-order valence-electron chi connectivity index (χ1n) is 6.72. The highest BCUT2D eigenvalue weighted by atomic mass is 35.5. The molecular weight excluding hydrogens is 314 g/mol. The molecule has 6 nitrogen and oxygen atoms in total. The number of rotatable bonds is 8. The third-order valence-corrected chi connectivity index (χ3v) is 4.32. The Morgan fingerprint density at radius 3 is 2.57 bits per heavy atom. The normalized spacial score (nSPS) is 11.1. The highest BCUT2D eigenvalue weighted by Gasteiger charge is 2.13. The van der Waals surface area contributed by atoms with E-state index in [0.717, 1.165) is 12.8 Å². The number of halogens is 1. The molecule has 0 saturated heterocycles. The van der Waals surface area contributed by atoms with Crippen molar-refractivity contribution in [3.63, 3.8) is 0 Å². The topological polar surface area (TPSA) is 87.3 Å². The van der Waals surface area contributed by atoms with E-state index in [1.54, 1.807) is 12.1 Å². The van der Waals surface area contributed by atoms with Crippen LogP contribution in [0.15, 0.2) is 29.2 Å². The Kier molecular flexibility index (Phi) is 7.49. The van der Waals surface area contributed by atoms with Gasteiger partial charge in [-0.25, -0.2) is 17.9 Å². The van der Waals surface area contributed by atoms with Crippen LogP contribution in [0.4, 0.5) is 4.79 Å². The zero-order valence-electron chi connectivity index (χ0n) is 11.9. The van der Waals surface area contributed by atoms with E-state index in [1.165, 1.54) is 12.1 Å². The van der Waals surface area contributed by atoms with Gasteiger partial charge >= 0.3 is 6.03 Å². The number of hydrogen-bond donors (Lipinski definition) is 3. The molecule has 2 amide bonds. The molecule has 8 heteroatoms. The molecule has 0 atom stereocenters. The van der Waals surface area contributed by atoms with E-state index in [2.05, 4.69) is 15.4 Å². The maximum atomic E-state index is 11.9. The second-order valence-electron chi connectivity index (χ2n) is 4.39. The Morgan fingerprint density at radius 2 is 1.90 bits per heavy atom. The minimum absolute atomic E-state index is 0.0994. The summed E-state index contributed by atoms with van der Waals surface area (Å²) in [7, 11) is -3.61. The quantitative estimate of drug-likeness (QED) is 0.633. The summed E-state index contributed by atoms with van der Waals surface area (Å²) in [6, 6.07) is 5.69. The number of benzene rings is 1. The molecule has 0 aliphatic carbocycles. The second kappa shape index (κ2) is 8.86. The van der Waals surface area contributed by atoms with Crippen molar-refractivity contribution in [1.29, 1.82) is 0 Å². The van der Waals surface area contributed by atoms with Crippen LogP contribution in [0, 0.1) is 0 Å². The maximum absolute atomic E-state index is 11.9. The largest absolute Gasteiger partial charge is 0.338 e. The number of carbonyl (C=O) groups excluding carboxylic acids is 1. The van der Waals surface area contributed by atoms with Gasteiger partial charge in [-0.2, -0.15) is 0 Å². The highest BCUT2D eigenvalue weighted by Crippen LogP contribution is 2.14. The van der Waals surface area contributed by atoms with Gasteiger partial charge in [0.25, 0.3) is 0 Å². The molecule has 0 saturated carbocycles. The Bertz CT molecular complexity index is 564. The van der Waals surface area contributed by atoms with Gasteiger partial charge in [-0.05, 0) is 24.6 Å². The number of sulfonamides is 1. The predicted octanol–water partition coefficient (Wildman–Crippen LogP) is 1.72. The average Bonchev–Trinajstić information content (AvgIpc) is 2.44. The average molecular weight is 334 g/mol. The zero-order chi connectivity index (χ0) is 15.7. The molecule has 21 heavy (non-hydrogen) atoms. The molecule has 0 aromatic heterocycles. The zero-order valence-corrected chi connectivity index (χ0v) is 13.4. The van der Waals surface area contributed by atoms with E-state index in [-0.39, 0.29) is 24.0 Å². The third kappa shape index (κ3) is 6.79. The van der Waals surface area contributed by atoms with Crippen LogP contribution < -0.4 is 15.4 Å². The van der Waals surface area contributed by atoms with Crippen molar-refractivity contribution in [2.24, 2.45) is 0 Å². The summed E-state index contributed by atoms with van der Waals surface area (Å²) >= 11 is 5.76. The van der Waals surface area contributed by atoms with Crippen LogP contribution in [-0.2, 0) is 10.0 Å². The van der Waals surface area contributed by atoms with E-state index < -0.39 is 10.0 Å². The van der Waals surface area contributed by atoms with Gasteiger partial charge in [0.05, 0.1) is 4.90 Å². The first-order valence-corrected chi connectivity index (χ1v) is 8.58. The van der Waals surface area contributed by atoms with Crippen molar-refractivity contribution in [2.45, 2.75) is 24.7 Å². The van der Waals surface area contributed by atoms with Gasteiger partial charge in [0.15, 0.2) is 0 Å². The van der Waals surface area contributed by atoms with E-state index in [9.17, 15) is 13.2 Å². The lowest BCUT2D eigenvalue weighted by molar-refractivity contribution is 0.241. The Labute approximate surface area is 130 Å². The number of nitrogens with one attached hydrogen (secondary N) is 3. The molecule has 0 unspecified atom stereocenters. The lowest BCUT2D eigenvalue weighted by atomic mass is 10.3. The fourth-order valence-corrected chi connectivity index (χ4v) is 2.85. The van der Waals surface area contributed by atoms with Gasteiger partial charge < -0.3 is 10.6 Å². The van der Waals surface area contributed by atoms with Crippen molar-refractivity contribution in [1.82, 2.24) is 15.4 Å². The molecule has 0 spiro atoms. The summed E-state index contributed by atoms with van der Waals surface area (Å²) in [5, 5.41) is 5.60.